The Morgan fingerprint density at radius 2 is 2.16 bits per heavy atom. The number of rotatable bonds is 5. The number of alkyl halides is 3. The topological polar surface area (TPSA) is 58.6 Å². The van der Waals surface area contributed by atoms with Crippen molar-refractivity contribution >= 4 is 27.6 Å². The number of anilines is 1. The van der Waals surface area contributed by atoms with Crippen molar-refractivity contribution in [2.75, 3.05) is 19.0 Å². The number of carbonyl (C=O) groups is 1. The van der Waals surface area contributed by atoms with Crippen LogP contribution in [0.5, 0.6) is 5.75 Å². The zero-order valence-electron chi connectivity index (χ0n) is 9.79. The number of hydrogen-bond acceptors (Lipinski definition) is 3. The zero-order valence-corrected chi connectivity index (χ0v) is 11.4. The molecular formula is C11H11BrF3NO3. The van der Waals surface area contributed by atoms with E-state index in [0.29, 0.717) is 15.9 Å². The second kappa shape index (κ2) is 6.14. The largest absolute Gasteiger partial charge is 0.497 e. The lowest BCUT2D eigenvalue weighted by atomic mass is 10.1. The summed E-state index contributed by atoms with van der Waals surface area (Å²) in [6.07, 6.45) is -4.80. The van der Waals surface area contributed by atoms with Crippen LogP contribution in [0.4, 0.5) is 18.9 Å². The summed E-state index contributed by atoms with van der Waals surface area (Å²) in [6, 6.07) is 4.68. The van der Waals surface area contributed by atoms with Crippen molar-refractivity contribution in [3.63, 3.8) is 0 Å². The van der Waals surface area contributed by atoms with E-state index in [-0.39, 0.29) is 0 Å². The first-order valence-electron chi connectivity index (χ1n) is 5.12. The second-order valence-electron chi connectivity index (χ2n) is 3.66. The Kier molecular flexibility index (Phi) is 5.04. The molecular weight excluding hydrogens is 331 g/mol. The number of benzene rings is 1. The van der Waals surface area contributed by atoms with Gasteiger partial charge in [0.15, 0.2) is 5.92 Å². The lowest BCUT2D eigenvalue weighted by Crippen LogP contribution is -2.36. The fourth-order valence-corrected chi connectivity index (χ4v) is 1.71. The van der Waals surface area contributed by atoms with E-state index in [4.69, 9.17) is 9.84 Å². The highest BCUT2D eigenvalue weighted by molar-refractivity contribution is 9.10. The van der Waals surface area contributed by atoms with Gasteiger partial charge < -0.3 is 15.2 Å². The fourth-order valence-electron chi connectivity index (χ4n) is 1.32. The molecule has 0 aliphatic heterocycles. The molecule has 8 heteroatoms. The van der Waals surface area contributed by atoms with Gasteiger partial charge in [-0.2, -0.15) is 13.2 Å². The first kappa shape index (κ1) is 15.6. The molecule has 0 aliphatic carbocycles. The third-order valence-corrected chi connectivity index (χ3v) is 3.05. The first-order chi connectivity index (χ1) is 8.75. The third kappa shape index (κ3) is 4.30. The summed E-state index contributed by atoms with van der Waals surface area (Å²) in [6.45, 7) is -0.759. The molecule has 0 amide bonds. The monoisotopic (exact) mass is 341 g/mol. The van der Waals surface area contributed by atoms with Crippen LogP contribution in [0.1, 0.15) is 0 Å². The molecule has 0 heterocycles. The number of carboxylic acid groups (broad SMARTS) is 1. The summed E-state index contributed by atoms with van der Waals surface area (Å²) in [4.78, 5) is 10.6. The maximum Gasteiger partial charge on any atom is 0.403 e. The van der Waals surface area contributed by atoms with E-state index in [1.807, 2.05) is 0 Å². The Hall–Kier alpha value is -1.44. The van der Waals surface area contributed by atoms with Crippen LogP contribution in [0.25, 0.3) is 0 Å². The van der Waals surface area contributed by atoms with Crippen LogP contribution in [-0.2, 0) is 4.79 Å². The maximum absolute atomic E-state index is 12.5. The minimum Gasteiger partial charge on any atom is -0.497 e. The molecule has 106 valence electrons. The van der Waals surface area contributed by atoms with E-state index in [1.165, 1.54) is 13.2 Å². The molecule has 1 aromatic carbocycles. The van der Waals surface area contributed by atoms with Gasteiger partial charge in [0, 0.05) is 17.1 Å². The maximum atomic E-state index is 12.5. The molecule has 0 bridgehead atoms. The van der Waals surface area contributed by atoms with Gasteiger partial charge in [0.2, 0.25) is 0 Å². The number of carboxylic acids is 1. The van der Waals surface area contributed by atoms with Gasteiger partial charge in [-0.05, 0) is 28.1 Å². The summed E-state index contributed by atoms with van der Waals surface area (Å²) in [7, 11) is 1.42. The predicted molar refractivity (Wildman–Crippen MR) is 66.4 cm³/mol. The fraction of sp³-hybridized carbons (Fsp3) is 0.364. The summed E-state index contributed by atoms with van der Waals surface area (Å²) < 4.78 is 42.8. The molecule has 2 N–H and O–H groups in total. The Morgan fingerprint density at radius 1 is 1.53 bits per heavy atom. The average molecular weight is 342 g/mol. The van der Waals surface area contributed by atoms with Gasteiger partial charge in [0.1, 0.15) is 5.75 Å². The van der Waals surface area contributed by atoms with Crippen LogP contribution < -0.4 is 10.1 Å². The summed E-state index contributed by atoms with van der Waals surface area (Å²) in [5.41, 5.74) is 0.329. The van der Waals surface area contributed by atoms with Crippen LogP contribution in [0, 0.1) is 5.92 Å². The molecule has 19 heavy (non-hydrogen) atoms. The number of halogens is 4. The van der Waals surface area contributed by atoms with Gasteiger partial charge in [-0.15, -0.1) is 0 Å². The number of ether oxygens (including phenoxy) is 1. The predicted octanol–water partition coefficient (Wildman–Crippen LogP) is 3.13. The van der Waals surface area contributed by atoms with Gasteiger partial charge in [-0.3, -0.25) is 4.79 Å². The normalized spacial score (nSPS) is 12.9. The smallest absolute Gasteiger partial charge is 0.403 e. The van der Waals surface area contributed by atoms with Crippen molar-refractivity contribution < 1.29 is 27.8 Å². The van der Waals surface area contributed by atoms with Crippen molar-refractivity contribution in [1.82, 2.24) is 0 Å². The van der Waals surface area contributed by atoms with Crippen LogP contribution in [-0.4, -0.2) is 30.9 Å². The highest BCUT2D eigenvalue weighted by Crippen LogP contribution is 2.30. The minimum absolute atomic E-state index is 0.329. The molecule has 0 radical (unpaired) electrons. The Balaban J connectivity index is 2.83. The van der Waals surface area contributed by atoms with Crippen molar-refractivity contribution in [3.8, 4) is 5.75 Å². The molecule has 1 atom stereocenters. The molecule has 1 aromatic rings. The molecule has 1 rings (SSSR count). The van der Waals surface area contributed by atoms with Gasteiger partial charge in [-0.1, -0.05) is 0 Å². The standard InChI is InChI=1S/C11H11BrF3NO3/c1-19-6-2-3-8(12)9(4-6)16-5-7(10(17)18)11(13,14)15/h2-4,7,16H,5H2,1H3,(H,17,18). The summed E-state index contributed by atoms with van der Waals surface area (Å²) >= 11 is 3.15. The van der Waals surface area contributed by atoms with Crippen LogP contribution in [0.15, 0.2) is 22.7 Å². The molecule has 1 unspecified atom stereocenters. The Bertz CT molecular complexity index is 465. The van der Waals surface area contributed by atoms with Crippen LogP contribution >= 0.6 is 15.9 Å². The first-order valence-corrected chi connectivity index (χ1v) is 5.92. The summed E-state index contributed by atoms with van der Waals surface area (Å²) in [5.74, 6) is -3.94. The van der Waals surface area contributed by atoms with E-state index in [2.05, 4.69) is 21.2 Å². The third-order valence-electron chi connectivity index (χ3n) is 2.36. The van der Waals surface area contributed by atoms with Gasteiger partial charge >= 0.3 is 12.1 Å². The lowest BCUT2D eigenvalue weighted by molar-refractivity contribution is -0.190. The van der Waals surface area contributed by atoms with Crippen LogP contribution in [0.3, 0.4) is 0 Å². The van der Waals surface area contributed by atoms with Gasteiger partial charge in [-0.25, -0.2) is 0 Å². The Labute approximate surface area is 115 Å². The quantitative estimate of drug-likeness (QED) is 0.863. The number of aliphatic carboxylic acids is 1. The van der Waals surface area contributed by atoms with E-state index in [9.17, 15) is 18.0 Å². The number of hydrogen-bond donors (Lipinski definition) is 2. The van der Waals surface area contributed by atoms with Crippen molar-refractivity contribution in [2.45, 2.75) is 6.18 Å². The van der Waals surface area contributed by atoms with Gasteiger partial charge in [0.25, 0.3) is 0 Å². The number of nitrogens with one attached hydrogen (secondary N) is 1. The van der Waals surface area contributed by atoms with Crippen molar-refractivity contribution in [2.24, 2.45) is 5.92 Å². The lowest BCUT2D eigenvalue weighted by Gasteiger charge is -2.18. The zero-order chi connectivity index (χ0) is 14.6. The molecule has 0 fully saturated rings. The molecule has 0 saturated carbocycles. The molecule has 0 spiro atoms. The average Bonchev–Trinajstić information content (AvgIpc) is 2.29. The summed E-state index contributed by atoms with van der Waals surface area (Å²) in [5, 5.41) is 11.0. The van der Waals surface area contributed by atoms with Crippen molar-refractivity contribution in [1.29, 1.82) is 0 Å². The molecule has 4 nitrogen and oxygen atoms in total. The van der Waals surface area contributed by atoms with Crippen LogP contribution in [0.2, 0.25) is 0 Å². The van der Waals surface area contributed by atoms with E-state index >= 15 is 0 Å². The highest BCUT2D eigenvalue weighted by atomic mass is 79.9. The molecule has 0 saturated heterocycles. The molecule has 0 aromatic heterocycles. The van der Waals surface area contributed by atoms with Crippen molar-refractivity contribution in [3.05, 3.63) is 22.7 Å². The SMILES string of the molecule is COc1ccc(Br)c(NCC(C(=O)O)C(F)(F)F)c1. The number of methoxy groups -OCH3 is 1. The van der Waals surface area contributed by atoms with E-state index in [0.717, 1.165) is 0 Å². The second-order valence-corrected chi connectivity index (χ2v) is 4.51. The van der Waals surface area contributed by atoms with E-state index < -0.39 is 24.6 Å². The molecule has 0 aliphatic rings. The Morgan fingerprint density at radius 3 is 2.63 bits per heavy atom. The van der Waals surface area contributed by atoms with Gasteiger partial charge in [0.05, 0.1) is 12.8 Å². The highest BCUT2D eigenvalue weighted by Gasteiger charge is 2.44. The minimum atomic E-state index is -4.80. The van der Waals surface area contributed by atoms with E-state index in [1.54, 1.807) is 12.1 Å².